The number of fused-ring (bicyclic) bond motifs is 4. The van der Waals surface area contributed by atoms with E-state index in [1.54, 1.807) is 31.7 Å². The molecule has 1 unspecified atom stereocenters. The van der Waals surface area contributed by atoms with Crippen LogP contribution in [0.15, 0.2) is 36.7 Å². The molecule has 2 fully saturated rings. The van der Waals surface area contributed by atoms with Gasteiger partial charge in [0.15, 0.2) is 5.82 Å². The molecule has 2 aromatic carbocycles. The van der Waals surface area contributed by atoms with E-state index >= 15 is 4.39 Å². The van der Waals surface area contributed by atoms with E-state index in [-0.39, 0.29) is 29.3 Å². The summed E-state index contributed by atoms with van der Waals surface area (Å²) in [5.74, 6) is 0.00598. The average Bonchev–Trinajstić information content (AvgIpc) is 3.82. The Morgan fingerprint density at radius 3 is 2.60 bits per heavy atom. The van der Waals surface area contributed by atoms with E-state index in [1.165, 1.54) is 0 Å². The molecule has 2 saturated heterocycles. The van der Waals surface area contributed by atoms with Crippen LogP contribution in [0.4, 0.5) is 4.39 Å². The number of benzene rings is 2. The molecule has 0 bridgehead atoms. The van der Waals surface area contributed by atoms with Crippen molar-refractivity contribution < 1.29 is 18.7 Å². The molecule has 0 saturated carbocycles. The lowest BCUT2D eigenvalue weighted by Crippen LogP contribution is -2.38. The maximum Gasteiger partial charge on any atom is 0.246 e. The summed E-state index contributed by atoms with van der Waals surface area (Å²) in [5, 5.41) is 14.6. The van der Waals surface area contributed by atoms with Crippen LogP contribution in [0.2, 0.25) is 0 Å². The lowest BCUT2D eigenvalue weighted by molar-refractivity contribution is -0.127. The second kappa shape index (κ2) is 12.7. The highest BCUT2D eigenvalue weighted by molar-refractivity contribution is 6.09. The summed E-state index contributed by atoms with van der Waals surface area (Å²) in [6.07, 6.45) is 10.5. The van der Waals surface area contributed by atoms with Crippen LogP contribution in [-0.2, 0) is 9.53 Å². The summed E-state index contributed by atoms with van der Waals surface area (Å²) in [6.45, 7) is 9.14. The molecule has 11 heteroatoms. The van der Waals surface area contributed by atoms with Crippen molar-refractivity contribution in [3.05, 3.63) is 59.2 Å². The van der Waals surface area contributed by atoms with Gasteiger partial charge >= 0.3 is 0 Å². The van der Waals surface area contributed by atoms with Gasteiger partial charge in [-0.15, -0.1) is 0 Å². The third kappa shape index (κ3) is 5.55. The quantitative estimate of drug-likeness (QED) is 0.207. The molecule has 2 aliphatic heterocycles. The van der Waals surface area contributed by atoms with Crippen LogP contribution in [0.1, 0.15) is 48.4 Å². The lowest BCUT2D eigenvalue weighted by Gasteiger charge is -2.32. The first kappa shape index (κ1) is 31.3. The number of halogens is 1. The van der Waals surface area contributed by atoms with E-state index < -0.39 is 0 Å². The van der Waals surface area contributed by atoms with Crippen molar-refractivity contribution in [3.63, 3.8) is 0 Å². The predicted octanol–water partition coefficient (Wildman–Crippen LogP) is 6.03. The highest BCUT2D eigenvalue weighted by Crippen LogP contribution is 2.42. The van der Waals surface area contributed by atoms with Gasteiger partial charge in [-0.2, -0.15) is 10.2 Å². The smallest absolute Gasteiger partial charge is 0.246 e. The number of rotatable bonds is 8. The van der Waals surface area contributed by atoms with E-state index in [0.29, 0.717) is 43.1 Å². The molecule has 47 heavy (non-hydrogen) atoms. The summed E-state index contributed by atoms with van der Waals surface area (Å²) in [4.78, 5) is 21.8. The van der Waals surface area contributed by atoms with Crippen LogP contribution in [0.3, 0.4) is 0 Å². The number of likely N-dealkylation sites (tertiary alicyclic amines) is 2. The van der Waals surface area contributed by atoms with Crippen molar-refractivity contribution in [1.29, 1.82) is 0 Å². The second-order valence-electron chi connectivity index (χ2n) is 13.1. The molecule has 7 rings (SSSR count). The number of aryl methyl sites for hydroxylation is 2. The summed E-state index contributed by atoms with van der Waals surface area (Å²) < 4.78 is 30.7. The summed E-state index contributed by atoms with van der Waals surface area (Å²) in [7, 11) is 3.72. The van der Waals surface area contributed by atoms with E-state index in [2.05, 4.69) is 28.2 Å². The van der Waals surface area contributed by atoms with Gasteiger partial charge in [-0.3, -0.25) is 14.6 Å². The van der Waals surface area contributed by atoms with E-state index in [9.17, 15) is 4.79 Å². The summed E-state index contributed by atoms with van der Waals surface area (Å²) in [6, 6.07) is 4.41. The number of aromatic nitrogens is 5. The van der Waals surface area contributed by atoms with Crippen molar-refractivity contribution >= 4 is 38.6 Å². The number of amides is 1. The van der Waals surface area contributed by atoms with Gasteiger partial charge in [0.1, 0.15) is 12.1 Å². The SMILES string of the molecule is COC/C=C/C(=O)N1CCC(n2ncc3c(OCC4CCCN4C)nc4c(F)c(-c5c(C)c(C)cc6[nH]ncc56)c(C)cc4c32)CC1. The first-order valence-electron chi connectivity index (χ1n) is 16.5. The molecule has 0 aliphatic carbocycles. The van der Waals surface area contributed by atoms with Gasteiger partial charge in [-0.1, -0.05) is 6.08 Å². The Morgan fingerprint density at radius 1 is 1.04 bits per heavy atom. The number of piperidine rings is 1. The largest absolute Gasteiger partial charge is 0.475 e. The number of hydrogen-bond donors (Lipinski definition) is 1. The topological polar surface area (TPSA) is 101 Å². The number of pyridine rings is 1. The van der Waals surface area contributed by atoms with E-state index in [1.807, 2.05) is 36.4 Å². The molecule has 2 aliphatic rings. The number of hydrogen-bond acceptors (Lipinski definition) is 7. The Balaban J connectivity index is 1.35. The lowest BCUT2D eigenvalue weighted by atomic mass is 9.89. The molecule has 1 atom stereocenters. The molecule has 246 valence electrons. The summed E-state index contributed by atoms with van der Waals surface area (Å²) >= 11 is 0. The first-order valence-corrected chi connectivity index (χ1v) is 16.5. The number of carbonyl (C=O) groups is 1. The van der Waals surface area contributed by atoms with Crippen LogP contribution in [-0.4, -0.2) is 93.7 Å². The standard InChI is InChI=1S/C36H42FN7O3/c1-21-17-29-27(18-38-41-29)32(23(21)3)31-22(2)16-26-34(33(31)37)40-36(47-20-25-8-6-12-42(25)4)28-19-39-44(35(26)28)24-10-13-43(14-11-24)30(45)9-7-15-46-5/h7,9,16-19,24-25H,6,8,10-15,20H2,1-5H3,(H,38,41)/b9-7+. The highest BCUT2D eigenvalue weighted by atomic mass is 19.1. The van der Waals surface area contributed by atoms with Crippen molar-refractivity contribution in [2.75, 3.05) is 47.0 Å². The molecule has 0 radical (unpaired) electrons. The molecule has 10 nitrogen and oxygen atoms in total. The van der Waals surface area contributed by atoms with Crippen molar-refractivity contribution in [2.45, 2.75) is 58.5 Å². The number of aromatic amines is 1. The minimum absolute atomic E-state index is 0.0172. The minimum Gasteiger partial charge on any atom is -0.475 e. The number of ether oxygens (including phenoxy) is 2. The fourth-order valence-corrected chi connectivity index (χ4v) is 7.40. The number of nitrogens with one attached hydrogen (secondary N) is 1. The molecular weight excluding hydrogens is 597 g/mol. The number of methoxy groups -OCH3 is 1. The monoisotopic (exact) mass is 639 g/mol. The number of likely N-dealkylation sites (N-methyl/N-ethyl adjacent to an activating group) is 1. The van der Waals surface area contributed by atoms with Crippen LogP contribution in [0.5, 0.6) is 5.88 Å². The van der Waals surface area contributed by atoms with Gasteiger partial charge in [-0.05, 0) is 94.4 Å². The maximum absolute atomic E-state index is 17.2. The second-order valence-corrected chi connectivity index (χ2v) is 13.1. The highest BCUT2D eigenvalue weighted by Gasteiger charge is 2.29. The van der Waals surface area contributed by atoms with Crippen LogP contribution in [0.25, 0.3) is 43.8 Å². The average molecular weight is 640 g/mol. The Hall–Kier alpha value is -4.35. The molecule has 5 heterocycles. The third-order valence-electron chi connectivity index (χ3n) is 10.2. The fourth-order valence-electron chi connectivity index (χ4n) is 7.40. The Labute approximate surface area is 273 Å². The minimum atomic E-state index is -0.378. The molecular formula is C36H42FN7O3. The molecule has 5 aromatic rings. The zero-order valence-electron chi connectivity index (χ0n) is 27.8. The molecule has 0 spiro atoms. The maximum atomic E-state index is 17.2. The number of H-pyrrole nitrogens is 1. The Kier molecular flexibility index (Phi) is 8.44. The zero-order valence-corrected chi connectivity index (χ0v) is 27.8. The van der Waals surface area contributed by atoms with Crippen LogP contribution < -0.4 is 4.74 Å². The van der Waals surface area contributed by atoms with Gasteiger partial charge in [0.05, 0.1) is 41.5 Å². The normalized spacial score (nSPS) is 18.1. The third-order valence-corrected chi connectivity index (χ3v) is 10.2. The fraction of sp³-hybridized carbons (Fsp3) is 0.444. The van der Waals surface area contributed by atoms with Gasteiger partial charge < -0.3 is 19.3 Å². The van der Waals surface area contributed by atoms with Gasteiger partial charge in [0.2, 0.25) is 11.8 Å². The number of nitrogens with zero attached hydrogens (tertiary/aromatic N) is 6. The molecule has 1 amide bonds. The first-order chi connectivity index (χ1) is 22.8. The number of carbonyl (C=O) groups excluding carboxylic acids is 1. The van der Waals surface area contributed by atoms with Crippen LogP contribution in [0, 0.1) is 26.6 Å². The van der Waals surface area contributed by atoms with Gasteiger partial charge in [-0.25, -0.2) is 9.37 Å². The Morgan fingerprint density at radius 2 is 1.85 bits per heavy atom. The molecule has 1 N–H and O–H groups in total. The summed E-state index contributed by atoms with van der Waals surface area (Å²) in [5.41, 5.74) is 6.18. The van der Waals surface area contributed by atoms with E-state index in [0.717, 1.165) is 76.3 Å². The van der Waals surface area contributed by atoms with E-state index in [4.69, 9.17) is 19.6 Å². The van der Waals surface area contributed by atoms with Crippen molar-refractivity contribution in [2.24, 2.45) is 0 Å². The predicted molar refractivity (Wildman–Crippen MR) is 181 cm³/mol. The Bertz CT molecular complexity index is 2010. The van der Waals surface area contributed by atoms with Crippen LogP contribution >= 0.6 is 0 Å². The molecule has 3 aromatic heterocycles. The van der Waals surface area contributed by atoms with Gasteiger partial charge in [0.25, 0.3) is 0 Å². The van der Waals surface area contributed by atoms with Crippen molar-refractivity contribution in [1.82, 2.24) is 34.8 Å². The zero-order chi connectivity index (χ0) is 32.8. The van der Waals surface area contributed by atoms with Crippen molar-refractivity contribution in [3.8, 4) is 17.0 Å². The van der Waals surface area contributed by atoms with Gasteiger partial charge in [0, 0.05) is 48.7 Å².